The van der Waals surface area contributed by atoms with E-state index in [-0.39, 0.29) is 0 Å². The van der Waals surface area contributed by atoms with Gasteiger partial charge in [0.1, 0.15) is 0 Å². The van der Waals surface area contributed by atoms with Gasteiger partial charge in [-0.15, -0.1) is 68.0 Å². The summed E-state index contributed by atoms with van der Waals surface area (Å²) in [6.07, 6.45) is 8.98. The largest absolute Gasteiger partial charge is 0.143 e. The number of hydrogen-bond acceptors (Lipinski definition) is 6. The molecule has 6 aromatic heterocycles. The maximum absolute atomic E-state index is 2.33. The Balaban J connectivity index is 1.13. The van der Waals surface area contributed by atoms with E-state index in [1.54, 1.807) is 45.3 Å². The molecular formula is C34H22S6. The Morgan fingerprint density at radius 3 is 1.10 bits per heavy atom. The van der Waals surface area contributed by atoms with Crippen molar-refractivity contribution in [1.29, 1.82) is 0 Å². The predicted molar refractivity (Wildman–Crippen MR) is 186 cm³/mol. The van der Waals surface area contributed by atoms with Crippen LogP contribution in [0.5, 0.6) is 0 Å². The molecule has 0 aliphatic rings. The molecule has 0 spiro atoms. The Hall–Kier alpha value is -3.10. The van der Waals surface area contributed by atoms with Gasteiger partial charge in [0.2, 0.25) is 0 Å². The minimum absolute atomic E-state index is 1.20. The van der Waals surface area contributed by atoms with Crippen LogP contribution in [0.15, 0.2) is 106 Å². The standard InChI is InChI=1S/C34H22S6/c1-5-27(35-17-1)31-21-25(33(39-31)29-7-3-19-37-29)15-13-23-9-11-24(12-10-23)14-16-26-22-32(28-6-2-18-36-28)40-34(26)30-8-4-20-38-30/h1-22H/b15-13+,16-14+. The fraction of sp³-hybridized carbons (Fsp3) is 0. The molecule has 0 fully saturated rings. The molecular weight excluding hydrogens is 601 g/mol. The summed E-state index contributed by atoms with van der Waals surface area (Å²) in [6.45, 7) is 0. The lowest BCUT2D eigenvalue weighted by molar-refractivity contribution is 1.62. The van der Waals surface area contributed by atoms with Crippen LogP contribution in [0.1, 0.15) is 22.3 Å². The summed E-state index contributed by atoms with van der Waals surface area (Å²) in [5.74, 6) is 0. The van der Waals surface area contributed by atoms with E-state index in [0.29, 0.717) is 0 Å². The zero-order chi connectivity index (χ0) is 26.7. The maximum Gasteiger partial charge on any atom is 0.0521 e. The minimum atomic E-state index is 1.20. The van der Waals surface area contributed by atoms with Crippen molar-refractivity contribution in [2.24, 2.45) is 0 Å². The molecule has 6 heterocycles. The highest BCUT2D eigenvalue weighted by Gasteiger charge is 2.13. The number of thiophene rings is 6. The van der Waals surface area contributed by atoms with E-state index < -0.39 is 0 Å². The van der Waals surface area contributed by atoms with Gasteiger partial charge in [-0.2, -0.15) is 0 Å². The van der Waals surface area contributed by atoms with Crippen LogP contribution in [0.4, 0.5) is 0 Å². The van der Waals surface area contributed by atoms with Crippen molar-refractivity contribution >= 4 is 92.3 Å². The van der Waals surface area contributed by atoms with Crippen molar-refractivity contribution in [1.82, 2.24) is 0 Å². The molecule has 0 aliphatic carbocycles. The highest BCUT2D eigenvalue weighted by atomic mass is 32.1. The quantitative estimate of drug-likeness (QED) is 0.158. The molecule has 0 saturated heterocycles. The molecule has 7 rings (SSSR count). The van der Waals surface area contributed by atoms with E-state index >= 15 is 0 Å². The monoisotopic (exact) mass is 622 g/mol. The normalized spacial score (nSPS) is 11.8. The summed E-state index contributed by atoms with van der Waals surface area (Å²) in [5.41, 5.74) is 4.96. The van der Waals surface area contributed by atoms with Crippen LogP contribution in [0, 0.1) is 0 Å². The number of hydrogen-bond donors (Lipinski definition) is 0. The van der Waals surface area contributed by atoms with Gasteiger partial charge in [-0.25, -0.2) is 0 Å². The third kappa shape index (κ3) is 5.56. The van der Waals surface area contributed by atoms with Crippen LogP contribution in [0.3, 0.4) is 0 Å². The van der Waals surface area contributed by atoms with Gasteiger partial charge in [0.25, 0.3) is 0 Å². The molecule has 0 unspecified atom stereocenters. The summed E-state index contributed by atoms with van der Waals surface area (Å²) < 4.78 is 0. The third-order valence-corrected chi connectivity index (χ3v) is 12.9. The van der Waals surface area contributed by atoms with Gasteiger partial charge in [-0.3, -0.25) is 0 Å². The van der Waals surface area contributed by atoms with Crippen molar-refractivity contribution < 1.29 is 0 Å². The van der Waals surface area contributed by atoms with Gasteiger partial charge in [0.15, 0.2) is 0 Å². The molecule has 0 bridgehead atoms. The molecule has 194 valence electrons. The summed E-state index contributed by atoms with van der Waals surface area (Å²) >= 11 is 11.0. The van der Waals surface area contributed by atoms with Gasteiger partial charge >= 0.3 is 0 Å². The second-order valence-corrected chi connectivity index (χ2v) is 14.9. The Morgan fingerprint density at radius 2 is 0.750 bits per heavy atom. The first kappa shape index (κ1) is 25.8. The SMILES string of the molecule is C(=C\c1cc(-c2cccs2)sc1-c1cccs1)/c1ccc(/C=C/c2cc(-c3cccs3)sc2-c2cccs2)cc1. The lowest BCUT2D eigenvalue weighted by atomic mass is 10.1. The van der Waals surface area contributed by atoms with Crippen molar-refractivity contribution in [3.8, 4) is 39.0 Å². The van der Waals surface area contributed by atoms with Crippen LogP contribution in [0.25, 0.3) is 63.3 Å². The molecule has 1 aromatic carbocycles. The molecule has 7 aromatic rings. The fourth-order valence-corrected chi connectivity index (χ4v) is 10.1. The van der Waals surface area contributed by atoms with Crippen LogP contribution < -0.4 is 0 Å². The Bertz CT molecular complexity index is 1710. The number of rotatable bonds is 8. The lowest BCUT2D eigenvalue weighted by Crippen LogP contribution is -1.76. The lowest BCUT2D eigenvalue weighted by Gasteiger charge is -1.99. The number of benzene rings is 1. The minimum Gasteiger partial charge on any atom is -0.143 e. The van der Waals surface area contributed by atoms with E-state index in [0.717, 1.165) is 0 Å². The van der Waals surface area contributed by atoms with E-state index in [9.17, 15) is 0 Å². The first-order chi connectivity index (χ1) is 19.8. The van der Waals surface area contributed by atoms with Gasteiger partial charge in [-0.05, 0) is 80.2 Å². The van der Waals surface area contributed by atoms with Crippen molar-refractivity contribution in [2.75, 3.05) is 0 Å². The Morgan fingerprint density at radius 1 is 0.375 bits per heavy atom. The highest BCUT2D eigenvalue weighted by Crippen LogP contribution is 2.43. The van der Waals surface area contributed by atoms with Crippen molar-refractivity contribution in [3.63, 3.8) is 0 Å². The Labute approximate surface area is 258 Å². The van der Waals surface area contributed by atoms with Crippen LogP contribution >= 0.6 is 68.0 Å². The molecule has 0 radical (unpaired) electrons. The topological polar surface area (TPSA) is 0 Å². The van der Waals surface area contributed by atoms with Gasteiger partial charge < -0.3 is 0 Å². The molecule has 6 heteroatoms. The van der Waals surface area contributed by atoms with E-state index in [1.165, 1.54) is 61.3 Å². The second-order valence-electron chi connectivity index (χ2n) is 9.03. The smallest absolute Gasteiger partial charge is 0.0521 e. The zero-order valence-electron chi connectivity index (χ0n) is 21.2. The van der Waals surface area contributed by atoms with Crippen molar-refractivity contribution in [3.05, 3.63) is 129 Å². The molecule has 0 amide bonds. The molecule has 0 atom stereocenters. The summed E-state index contributed by atoms with van der Waals surface area (Å²) in [5, 5.41) is 8.61. The summed E-state index contributed by atoms with van der Waals surface area (Å²) in [7, 11) is 0. The Kier molecular flexibility index (Phi) is 7.62. The van der Waals surface area contributed by atoms with E-state index in [1.807, 2.05) is 22.7 Å². The average Bonchev–Trinajstić information content (AvgIpc) is 3.83. The molecule has 0 nitrogen and oxygen atoms in total. The zero-order valence-corrected chi connectivity index (χ0v) is 26.1. The molecule has 40 heavy (non-hydrogen) atoms. The molecule has 0 aliphatic heterocycles. The highest BCUT2D eigenvalue weighted by molar-refractivity contribution is 7.26. The van der Waals surface area contributed by atoms with Crippen LogP contribution in [-0.2, 0) is 0 Å². The van der Waals surface area contributed by atoms with E-state index in [2.05, 4.69) is 131 Å². The second kappa shape index (κ2) is 11.8. The van der Waals surface area contributed by atoms with Gasteiger partial charge in [-0.1, -0.05) is 72.8 Å². The van der Waals surface area contributed by atoms with E-state index in [4.69, 9.17) is 0 Å². The maximum atomic E-state index is 2.33. The van der Waals surface area contributed by atoms with Gasteiger partial charge in [0, 0.05) is 29.3 Å². The average molecular weight is 623 g/mol. The third-order valence-electron chi connectivity index (χ3n) is 6.39. The fourth-order valence-electron chi connectivity index (χ4n) is 4.43. The van der Waals surface area contributed by atoms with Crippen LogP contribution in [-0.4, -0.2) is 0 Å². The van der Waals surface area contributed by atoms with Gasteiger partial charge in [0.05, 0.1) is 9.75 Å². The van der Waals surface area contributed by atoms with Crippen molar-refractivity contribution in [2.45, 2.75) is 0 Å². The van der Waals surface area contributed by atoms with Crippen LogP contribution in [0.2, 0.25) is 0 Å². The summed E-state index contributed by atoms with van der Waals surface area (Å²) in [6, 6.07) is 30.8. The molecule has 0 saturated carbocycles. The first-order valence-electron chi connectivity index (χ1n) is 12.7. The summed E-state index contributed by atoms with van der Waals surface area (Å²) in [4.78, 5) is 10.6. The first-order valence-corrected chi connectivity index (χ1v) is 17.8. The predicted octanol–water partition coefficient (Wildman–Crippen LogP) is 13.1. The molecule has 0 N–H and O–H groups in total.